The summed E-state index contributed by atoms with van der Waals surface area (Å²) in [6.45, 7) is 8.04. The first kappa shape index (κ1) is 18.2. The molecule has 1 aromatic rings. The fraction of sp³-hybridized carbons (Fsp3) is 0.650. The first-order valence-corrected chi connectivity index (χ1v) is 9.45. The van der Waals surface area contributed by atoms with Gasteiger partial charge in [0.25, 0.3) is 0 Å². The highest BCUT2D eigenvalue weighted by Crippen LogP contribution is 2.39. The number of hydrogen-bond donors (Lipinski definition) is 1. The van der Waals surface area contributed by atoms with E-state index < -0.39 is 0 Å². The predicted octanol–water partition coefficient (Wildman–Crippen LogP) is 2.74. The number of benzene rings is 1. The standard InChI is InChI=1S/C20H30N2O3/c1-3-24-18-6-4-17(5-7-18)15-22-12-10-20(11-13-22)9-8-19(25-20)14-21-16(2)23/h4-7,19H,3,8-15H2,1-2H3,(H,21,23). The number of nitrogens with one attached hydrogen (secondary N) is 1. The molecular weight excluding hydrogens is 316 g/mol. The highest BCUT2D eigenvalue weighted by Gasteiger charge is 2.42. The Bertz CT molecular complexity index is 565. The van der Waals surface area contributed by atoms with E-state index in [1.165, 1.54) is 5.56 Å². The number of hydrogen-bond acceptors (Lipinski definition) is 4. The van der Waals surface area contributed by atoms with Crippen LogP contribution in [0.15, 0.2) is 24.3 Å². The number of ether oxygens (including phenoxy) is 2. The van der Waals surface area contributed by atoms with Gasteiger partial charge in [-0.25, -0.2) is 0 Å². The molecule has 2 aliphatic heterocycles. The number of carbonyl (C=O) groups is 1. The first-order chi connectivity index (χ1) is 12.1. The Kier molecular flexibility index (Phi) is 5.97. The number of carbonyl (C=O) groups excluding carboxylic acids is 1. The molecule has 2 saturated heterocycles. The van der Waals surface area contributed by atoms with Gasteiger partial charge in [0.2, 0.25) is 5.91 Å². The molecule has 0 radical (unpaired) electrons. The molecule has 2 heterocycles. The second kappa shape index (κ2) is 8.19. The Hall–Kier alpha value is -1.59. The molecule has 1 aromatic carbocycles. The van der Waals surface area contributed by atoms with Crippen molar-refractivity contribution in [2.24, 2.45) is 0 Å². The third-order valence-electron chi connectivity index (χ3n) is 5.33. The SMILES string of the molecule is CCOc1ccc(CN2CCC3(CCC(CNC(C)=O)O3)CC2)cc1. The average Bonchev–Trinajstić information content (AvgIpc) is 3.00. The molecule has 5 heteroatoms. The van der Waals surface area contributed by atoms with E-state index in [1.807, 2.05) is 6.92 Å². The molecule has 5 nitrogen and oxygen atoms in total. The van der Waals surface area contributed by atoms with E-state index >= 15 is 0 Å². The predicted molar refractivity (Wildman–Crippen MR) is 97.6 cm³/mol. The van der Waals surface area contributed by atoms with E-state index in [1.54, 1.807) is 6.92 Å². The maximum Gasteiger partial charge on any atom is 0.216 e. The lowest BCUT2D eigenvalue weighted by Crippen LogP contribution is -2.44. The minimum absolute atomic E-state index is 0.0229. The summed E-state index contributed by atoms with van der Waals surface area (Å²) in [6.07, 6.45) is 4.52. The molecule has 2 aliphatic rings. The molecule has 1 amide bonds. The smallest absolute Gasteiger partial charge is 0.216 e. The maximum atomic E-state index is 11.1. The van der Waals surface area contributed by atoms with Crippen LogP contribution in [0.3, 0.4) is 0 Å². The molecule has 1 N–H and O–H groups in total. The molecule has 1 spiro atoms. The van der Waals surface area contributed by atoms with Crippen molar-refractivity contribution in [2.75, 3.05) is 26.2 Å². The van der Waals surface area contributed by atoms with Crippen molar-refractivity contribution in [3.8, 4) is 5.75 Å². The Morgan fingerprint density at radius 2 is 2.00 bits per heavy atom. The lowest BCUT2D eigenvalue weighted by molar-refractivity contribution is -0.120. The summed E-state index contributed by atoms with van der Waals surface area (Å²) < 4.78 is 11.8. The summed E-state index contributed by atoms with van der Waals surface area (Å²) >= 11 is 0. The van der Waals surface area contributed by atoms with Crippen molar-refractivity contribution in [2.45, 2.75) is 57.8 Å². The summed E-state index contributed by atoms with van der Waals surface area (Å²) in [7, 11) is 0. The number of likely N-dealkylation sites (tertiary alicyclic amines) is 1. The van der Waals surface area contributed by atoms with E-state index in [4.69, 9.17) is 9.47 Å². The number of rotatable bonds is 6. The third-order valence-corrected chi connectivity index (χ3v) is 5.33. The van der Waals surface area contributed by atoms with Crippen LogP contribution in [-0.4, -0.2) is 48.8 Å². The van der Waals surface area contributed by atoms with Gasteiger partial charge in [-0.15, -0.1) is 0 Å². The Balaban J connectivity index is 1.45. The van der Waals surface area contributed by atoms with Crippen LogP contribution in [0, 0.1) is 0 Å². The van der Waals surface area contributed by atoms with E-state index in [0.29, 0.717) is 13.2 Å². The highest BCUT2D eigenvalue weighted by molar-refractivity contribution is 5.72. The van der Waals surface area contributed by atoms with Crippen LogP contribution in [0.4, 0.5) is 0 Å². The van der Waals surface area contributed by atoms with Crippen LogP contribution in [0.2, 0.25) is 0 Å². The molecule has 138 valence electrons. The van der Waals surface area contributed by atoms with Crippen molar-refractivity contribution in [3.63, 3.8) is 0 Å². The minimum atomic E-state index is 0.0229. The zero-order valence-electron chi connectivity index (χ0n) is 15.4. The van der Waals surface area contributed by atoms with Gasteiger partial charge < -0.3 is 14.8 Å². The van der Waals surface area contributed by atoms with Crippen LogP contribution in [0.1, 0.15) is 45.1 Å². The van der Waals surface area contributed by atoms with Crippen LogP contribution in [-0.2, 0) is 16.1 Å². The summed E-state index contributed by atoms with van der Waals surface area (Å²) in [6, 6.07) is 8.42. The van der Waals surface area contributed by atoms with Gasteiger partial charge in [-0.1, -0.05) is 12.1 Å². The number of amides is 1. The Labute approximate surface area is 150 Å². The van der Waals surface area contributed by atoms with Crippen molar-refractivity contribution in [1.29, 1.82) is 0 Å². The van der Waals surface area contributed by atoms with Crippen LogP contribution in [0.5, 0.6) is 5.75 Å². The zero-order chi connectivity index (χ0) is 17.7. The molecule has 1 atom stereocenters. The largest absolute Gasteiger partial charge is 0.494 e. The van der Waals surface area contributed by atoms with Crippen LogP contribution >= 0.6 is 0 Å². The van der Waals surface area contributed by atoms with Gasteiger partial charge in [0.1, 0.15) is 5.75 Å². The molecule has 2 fully saturated rings. The van der Waals surface area contributed by atoms with E-state index in [2.05, 4.69) is 34.5 Å². The van der Waals surface area contributed by atoms with Gasteiger partial charge in [-0.05, 0) is 50.3 Å². The lowest BCUT2D eigenvalue weighted by Gasteiger charge is -2.39. The molecular formula is C20H30N2O3. The Morgan fingerprint density at radius 1 is 1.28 bits per heavy atom. The van der Waals surface area contributed by atoms with E-state index in [0.717, 1.165) is 51.1 Å². The van der Waals surface area contributed by atoms with Crippen molar-refractivity contribution in [1.82, 2.24) is 10.2 Å². The summed E-state index contributed by atoms with van der Waals surface area (Å²) in [5.41, 5.74) is 1.37. The molecule has 0 bridgehead atoms. The monoisotopic (exact) mass is 346 g/mol. The molecule has 0 saturated carbocycles. The zero-order valence-corrected chi connectivity index (χ0v) is 15.4. The second-order valence-corrected chi connectivity index (χ2v) is 7.25. The van der Waals surface area contributed by atoms with Gasteiger partial charge in [0, 0.05) is 33.1 Å². The number of piperidine rings is 1. The highest BCUT2D eigenvalue weighted by atomic mass is 16.5. The van der Waals surface area contributed by atoms with E-state index in [9.17, 15) is 4.79 Å². The summed E-state index contributed by atoms with van der Waals surface area (Å²) in [5.74, 6) is 0.961. The maximum absolute atomic E-state index is 11.1. The minimum Gasteiger partial charge on any atom is -0.494 e. The normalized spacial score (nSPS) is 22.9. The fourth-order valence-electron chi connectivity index (χ4n) is 3.90. The van der Waals surface area contributed by atoms with Gasteiger partial charge in [-0.2, -0.15) is 0 Å². The van der Waals surface area contributed by atoms with Gasteiger partial charge in [0.05, 0.1) is 18.3 Å². The second-order valence-electron chi connectivity index (χ2n) is 7.25. The van der Waals surface area contributed by atoms with Crippen LogP contribution in [0.25, 0.3) is 0 Å². The third kappa shape index (κ3) is 4.95. The van der Waals surface area contributed by atoms with Gasteiger partial charge in [-0.3, -0.25) is 9.69 Å². The summed E-state index contributed by atoms with van der Waals surface area (Å²) in [4.78, 5) is 13.6. The Morgan fingerprint density at radius 3 is 2.64 bits per heavy atom. The quantitative estimate of drug-likeness (QED) is 0.860. The van der Waals surface area contributed by atoms with Gasteiger partial charge >= 0.3 is 0 Å². The molecule has 0 aliphatic carbocycles. The van der Waals surface area contributed by atoms with Crippen molar-refractivity contribution >= 4 is 5.91 Å². The van der Waals surface area contributed by atoms with E-state index in [-0.39, 0.29) is 17.6 Å². The number of nitrogens with zero attached hydrogens (tertiary/aromatic N) is 1. The van der Waals surface area contributed by atoms with Gasteiger partial charge in [0.15, 0.2) is 0 Å². The fourth-order valence-corrected chi connectivity index (χ4v) is 3.90. The topological polar surface area (TPSA) is 50.8 Å². The molecule has 25 heavy (non-hydrogen) atoms. The molecule has 0 aromatic heterocycles. The first-order valence-electron chi connectivity index (χ1n) is 9.45. The van der Waals surface area contributed by atoms with Crippen molar-refractivity contribution in [3.05, 3.63) is 29.8 Å². The van der Waals surface area contributed by atoms with Crippen LogP contribution < -0.4 is 10.1 Å². The summed E-state index contributed by atoms with van der Waals surface area (Å²) in [5, 5.41) is 2.88. The average molecular weight is 346 g/mol. The van der Waals surface area contributed by atoms with Crippen molar-refractivity contribution < 1.29 is 14.3 Å². The molecule has 3 rings (SSSR count). The molecule has 1 unspecified atom stereocenters. The lowest BCUT2D eigenvalue weighted by atomic mass is 9.88.